The highest BCUT2D eigenvalue weighted by molar-refractivity contribution is 6.28. The third kappa shape index (κ3) is 2.70. The van der Waals surface area contributed by atoms with Gasteiger partial charge in [-0.15, -0.1) is 0 Å². The summed E-state index contributed by atoms with van der Waals surface area (Å²) in [6, 6.07) is 0. The van der Waals surface area contributed by atoms with E-state index < -0.39 is 0 Å². The van der Waals surface area contributed by atoms with Crippen molar-refractivity contribution in [3.8, 4) is 0 Å². The standard InChI is InChI=1S/C11H15ClN2O2/c1-4-7-9(10(15)16-6-3)8(5-2)14-11(12)13-7/h4-6H2,1-3H3. The molecule has 0 aliphatic carbocycles. The Balaban J connectivity index is 3.27. The summed E-state index contributed by atoms with van der Waals surface area (Å²) in [6.45, 7) is 5.95. The van der Waals surface area contributed by atoms with Crippen molar-refractivity contribution in [2.75, 3.05) is 6.61 Å². The first-order valence-electron chi connectivity index (χ1n) is 5.36. The predicted molar refractivity (Wildman–Crippen MR) is 61.8 cm³/mol. The van der Waals surface area contributed by atoms with Crippen LogP contribution in [0.15, 0.2) is 0 Å². The van der Waals surface area contributed by atoms with Gasteiger partial charge in [-0.1, -0.05) is 13.8 Å². The predicted octanol–water partition coefficient (Wildman–Crippen LogP) is 2.43. The minimum Gasteiger partial charge on any atom is -0.462 e. The Hall–Kier alpha value is -1.16. The topological polar surface area (TPSA) is 52.1 Å². The maximum atomic E-state index is 11.8. The fourth-order valence-electron chi connectivity index (χ4n) is 1.48. The van der Waals surface area contributed by atoms with Gasteiger partial charge in [0.15, 0.2) is 0 Å². The van der Waals surface area contributed by atoms with Crippen molar-refractivity contribution >= 4 is 17.6 Å². The van der Waals surface area contributed by atoms with Crippen LogP contribution in [0, 0.1) is 0 Å². The molecule has 0 radical (unpaired) electrons. The first kappa shape index (κ1) is 12.9. The van der Waals surface area contributed by atoms with Gasteiger partial charge in [-0.25, -0.2) is 14.8 Å². The number of nitrogens with zero attached hydrogens (tertiary/aromatic N) is 2. The minimum absolute atomic E-state index is 0.182. The van der Waals surface area contributed by atoms with E-state index in [0.717, 1.165) is 0 Å². The van der Waals surface area contributed by atoms with E-state index in [4.69, 9.17) is 16.3 Å². The van der Waals surface area contributed by atoms with Gasteiger partial charge in [0.2, 0.25) is 5.28 Å². The van der Waals surface area contributed by atoms with Gasteiger partial charge in [0.1, 0.15) is 5.56 Å². The van der Waals surface area contributed by atoms with E-state index >= 15 is 0 Å². The lowest BCUT2D eigenvalue weighted by Gasteiger charge is -2.10. The molecule has 88 valence electrons. The number of aryl methyl sites for hydroxylation is 2. The Morgan fingerprint density at radius 2 is 1.69 bits per heavy atom. The molecule has 4 nitrogen and oxygen atoms in total. The van der Waals surface area contributed by atoms with Crippen molar-refractivity contribution in [1.29, 1.82) is 0 Å². The van der Waals surface area contributed by atoms with Gasteiger partial charge in [-0.3, -0.25) is 0 Å². The van der Waals surface area contributed by atoms with Crippen LogP contribution in [0.3, 0.4) is 0 Å². The van der Waals surface area contributed by atoms with Gasteiger partial charge in [0, 0.05) is 0 Å². The van der Waals surface area contributed by atoms with Crippen LogP contribution in [0.1, 0.15) is 42.5 Å². The first-order valence-corrected chi connectivity index (χ1v) is 5.74. The van der Waals surface area contributed by atoms with E-state index in [9.17, 15) is 4.79 Å². The average molecular weight is 243 g/mol. The highest BCUT2D eigenvalue weighted by Gasteiger charge is 2.19. The second-order valence-electron chi connectivity index (χ2n) is 3.19. The van der Waals surface area contributed by atoms with Crippen molar-refractivity contribution in [3.05, 3.63) is 22.2 Å². The van der Waals surface area contributed by atoms with Gasteiger partial charge in [-0.05, 0) is 31.4 Å². The Labute approximate surface area is 100 Å². The minimum atomic E-state index is -0.368. The molecule has 0 bridgehead atoms. The van der Waals surface area contributed by atoms with Crippen LogP contribution >= 0.6 is 11.6 Å². The molecule has 0 fully saturated rings. The van der Waals surface area contributed by atoms with Crippen LogP contribution in [0.2, 0.25) is 5.28 Å². The van der Waals surface area contributed by atoms with Crippen molar-refractivity contribution in [1.82, 2.24) is 9.97 Å². The largest absolute Gasteiger partial charge is 0.462 e. The Kier molecular flexibility index (Phi) is 4.68. The molecular formula is C11H15ClN2O2. The molecular weight excluding hydrogens is 228 g/mol. The van der Waals surface area contributed by atoms with Gasteiger partial charge in [0.05, 0.1) is 18.0 Å². The number of carbonyl (C=O) groups is 1. The van der Waals surface area contributed by atoms with Crippen molar-refractivity contribution in [2.45, 2.75) is 33.6 Å². The maximum Gasteiger partial charge on any atom is 0.341 e. The van der Waals surface area contributed by atoms with E-state index in [2.05, 4.69) is 9.97 Å². The van der Waals surface area contributed by atoms with Crippen LogP contribution in [-0.2, 0) is 17.6 Å². The number of ether oxygens (including phenoxy) is 1. The molecule has 1 heterocycles. The Morgan fingerprint density at radius 3 is 2.06 bits per heavy atom. The zero-order valence-electron chi connectivity index (χ0n) is 9.71. The maximum absolute atomic E-state index is 11.8. The van der Waals surface area contributed by atoms with Crippen molar-refractivity contribution in [3.63, 3.8) is 0 Å². The van der Waals surface area contributed by atoms with E-state index in [1.54, 1.807) is 6.92 Å². The lowest BCUT2D eigenvalue weighted by Crippen LogP contribution is -2.14. The molecule has 0 aromatic carbocycles. The summed E-state index contributed by atoms with van der Waals surface area (Å²) >= 11 is 5.79. The van der Waals surface area contributed by atoms with Gasteiger partial charge >= 0.3 is 5.97 Å². The molecule has 1 aromatic rings. The van der Waals surface area contributed by atoms with Crippen LogP contribution in [0.5, 0.6) is 0 Å². The number of halogens is 1. The van der Waals surface area contributed by atoms with E-state index in [1.165, 1.54) is 0 Å². The summed E-state index contributed by atoms with van der Waals surface area (Å²) in [5.74, 6) is -0.368. The monoisotopic (exact) mass is 242 g/mol. The SMILES string of the molecule is CCOC(=O)c1c(CC)nc(Cl)nc1CC. The number of esters is 1. The highest BCUT2D eigenvalue weighted by atomic mass is 35.5. The molecule has 5 heteroatoms. The molecule has 0 amide bonds. The molecule has 1 aromatic heterocycles. The second-order valence-corrected chi connectivity index (χ2v) is 3.53. The summed E-state index contributed by atoms with van der Waals surface area (Å²) in [7, 11) is 0. The third-order valence-corrected chi connectivity index (χ3v) is 2.35. The van der Waals surface area contributed by atoms with Crippen LogP contribution in [0.4, 0.5) is 0 Å². The van der Waals surface area contributed by atoms with Crippen molar-refractivity contribution < 1.29 is 9.53 Å². The second kappa shape index (κ2) is 5.80. The molecule has 1 rings (SSSR count). The fraction of sp³-hybridized carbons (Fsp3) is 0.545. The molecule has 0 aliphatic heterocycles. The normalized spacial score (nSPS) is 10.2. The zero-order chi connectivity index (χ0) is 12.1. The molecule has 0 atom stereocenters. The smallest absolute Gasteiger partial charge is 0.341 e. The lowest BCUT2D eigenvalue weighted by atomic mass is 10.1. The third-order valence-electron chi connectivity index (χ3n) is 2.18. The summed E-state index contributed by atoms with van der Waals surface area (Å²) in [5, 5.41) is 0.182. The van der Waals surface area contributed by atoms with Gasteiger partial charge < -0.3 is 4.74 Å². The molecule has 0 saturated heterocycles. The molecule has 0 N–H and O–H groups in total. The lowest BCUT2D eigenvalue weighted by molar-refractivity contribution is 0.0522. The summed E-state index contributed by atoms with van der Waals surface area (Å²) in [6.07, 6.45) is 1.26. The van der Waals surface area contributed by atoms with E-state index in [-0.39, 0.29) is 11.3 Å². The number of carbonyl (C=O) groups excluding carboxylic acids is 1. The molecule has 0 saturated carbocycles. The van der Waals surface area contributed by atoms with E-state index in [0.29, 0.717) is 36.4 Å². The van der Waals surface area contributed by atoms with Crippen molar-refractivity contribution in [2.24, 2.45) is 0 Å². The summed E-state index contributed by atoms with van der Waals surface area (Å²) < 4.78 is 4.99. The molecule has 0 unspecified atom stereocenters. The first-order chi connectivity index (χ1) is 7.63. The van der Waals surface area contributed by atoms with Crippen LogP contribution < -0.4 is 0 Å². The summed E-state index contributed by atoms with van der Waals surface area (Å²) in [4.78, 5) is 19.9. The van der Waals surface area contributed by atoms with Crippen LogP contribution in [0.25, 0.3) is 0 Å². The number of hydrogen-bond donors (Lipinski definition) is 0. The van der Waals surface area contributed by atoms with Crippen LogP contribution in [-0.4, -0.2) is 22.5 Å². The highest BCUT2D eigenvalue weighted by Crippen LogP contribution is 2.17. The quantitative estimate of drug-likeness (QED) is 0.601. The van der Waals surface area contributed by atoms with Gasteiger partial charge in [0.25, 0.3) is 0 Å². The molecule has 0 spiro atoms. The molecule has 16 heavy (non-hydrogen) atoms. The zero-order valence-corrected chi connectivity index (χ0v) is 10.5. The number of aromatic nitrogens is 2. The van der Waals surface area contributed by atoms with E-state index in [1.807, 2.05) is 13.8 Å². The average Bonchev–Trinajstić information content (AvgIpc) is 2.27. The number of hydrogen-bond acceptors (Lipinski definition) is 4. The Bertz CT molecular complexity index is 369. The summed E-state index contributed by atoms with van der Waals surface area (Å²) in [5.41, 5.74) is 1.77. The Morgan fingerprint density at radius 1 is 1.19 bits per heavy atom. The number of rotatable bonds is 4. The van der Waals surface area contributed by atoms with Gasteiger partial charge in [-0.2, -0.15) is 0 Å². The molecule has 0 aliphatic rings. The fourth-order valence-corrected chi connectivity index (χ4v) is 1.68.